The molecule has 0 unspecified atom stereocenters. The van der Waals surface area contributed by atoms with Crippen molar-refractivity contribution in [3.05, 3.63) is 42.0 Å². The summed E-state index contributed by atoms with van der Waals surface area (Å²) in [5.41, 5.74) is 2.05. The third-order valence-corrected chi connectivity index (χ3v) is 3.81. The molecule has 0 aliphatic heterocycles. The Morgan fingerprint density at radius 2 is 1.92 bits per heavy atom. The van der Waals surface area contributed by atoms with E-state index in [1.807, 2.05) is 31.3 Å². The summed E-state index contributed by atoms with van der Waals surface area (Å²) in [5, 5.41) is 12.0. The quantitative estimate of drug-likeness (QED) is 0.622. The van der Waals surface area contributed by atoms with Gasteiger partial charge >= 0.3 is 0 Å². The maximum atomic E-state index is 5.79. The molecular formula is C17H22N6O. The number of aromatic nitrogens is 6. The molecule has 0 spiro atoms. The molecule has 24 heavy (non-hydrogen) atoms. The monoisotopic (exact) mass is 326 g/mol. The predicted octanol–water partition coefficient (Wildman–Crippen LogP) is 2.18. The second-order valence-corrected chi connectivity index (χ2v) is 5.69. The summed E-state index contributed by atoms with van der Waals surface area (Å²) in [4.78, 5) is 6.05. The third-order valence-electron chi connectivity index (χ3n) is 3.81. The normalized spacial score (nSPS) is 11.0. The van der Waals surface area contributed by atoms with Crippen LogP contribution in [0.25, 0.3) is 11.4 Å². The average molecular weight is 326 g/mol. The van der Waals surface area contributed by atoms with E-state index < -0.39 is 0 Å². The maximum absolute atomic E-state index is 5.79. The molecule has 7 heteroatoms. The zero-order valence-corrected chi connectivity index (χ0v) is 14.3. The fourth-order valence-electron chi connectivity index (χ4n) is 2.56. The van der Waals surface area contributed by atoms with Crippen LogP contribution in [0.5, 0.6) is 5.75 Å². The van der Waals surface area contributed by atoms with Gasteiger partial charge in [0.2, 0.25) is 5.82 Å². The highest BCUT2D eigenvalue weighted by atomic mass is 16.5. The summed E-state index contributed by atoms with van der Waals surface area (Å²) < 4.78 is 7.88. The van der Waals surface area contributed by atoms with Crippen LogP contribution in [0.2, 0.25) is 0 Å². The Balaban J connectivity index is 1.48. The molecule has 126 valence electrons. The van der Waals surface area contributed by atoms with Crippen molar-refractivity contribution in [1.82, 2.24) is 29.8 Å². The molecule has 0 fully saturated rings. The fourth-order valence-corrected chi connectivity index (χ4v) is 2.56. The topological polar surface area (TPSA) is 70.7 Å². The van der Waals surface area contributed by atoms with E-state index in [4.69, 9.17) is 4.74 Å². The molecular weight excluding hydrogens is 304 g/mol. The zero-order chi connectivity index (χ0) is 16.9. The summed E-state index contributed by atoms with van der Waals surface area (Å²) in [6.45, 7) is 2.79. The number of aryl methyl sites for hydroxylation is 4. The summed E-state index contributed by atoms with van der Waals surface area (Å²) in [5.74, 6) is 2.59. The van der Waals surface area contributed by atoms with Crippen molar-refractivity contribution in [3.8, 4) is 17.1 Å². The molecule has 0 saturated heterocycles. The highest BCUT2D eigenvalue weighted by molar-refractivity contribution is 5.55. The van der Waals surface area contributed by atoms with Crippen molar-refractivity contribution in [3.63, 3.8) is 0 Å². The Morgan fingerprint density at radius 3 is 2.54 bits per heavy atom. The number of hydrogen-bond donors (Lipinski definition) is 0. The maximum Gasteiger partial charge on any atom is 0.204 e. The first-order valence-corrected chi connectivity index (χ1v) is 8.14. The molecule has 0 atom stereocenters. The number of tetrazole rings is 1. The van der Waals surface area contributed by atoms with Gasteiger partial charge in [-0.05, 0) is 42.3 Å². The Bertz CT molecular complexity index is 790. The van der Waals surface area contributed by atoms with E-state index in [0.29, 0.717) is 12.4 Å². The summed E-state index contributed by atoms with van der Waals surface area (Å²) in [6, 6.07) is 7.75. The van der Waals surface area contributed by atoms with Gasteiger partial charge in [0.1, 0.15) is 11.6 Å². The lowest BCUT2D eigenvalue weighted by Gasteiger charge is -2.05. The van der Waals surface area contributed by atoms with Crippen LogP contribution in [0.1, 0.15) is 24.9 Å². The van der Waals surface area contributed by atoms with Gasteiger partial charge in [-0.2, -0.15) is 4.80 Å². The number of nitrogens with zero attached hydrogens (tertiary/aromatic N) is 6. The molecule has 2 heterocycles. The Kier molecular flexibility index (Phi) is 4.88. The molecule has 3 rings (SSSR count). The van der Waals surface area contributed by atoms with Gasteiger partial charge in [-0.25, -0.2) is 4.98 Å². The van der Waals surface area contributed by atoms with E-state index in [0.717, 1.165) is 42.1 Å². The number of rotatable bonds is 7. The number of benzene rings is 1. The second-order valence-electron chi connectivity index (χ2n) is 5.69. The zero-order valence-electron chi connectivity index (χ0n) is 14.3. The SMILES string of the molecule is CCc1nc(CCCOc2ccc(-c3nnn(C)n3)cc2)cn1C. The first-order valence-electron chi connectivity index (χ1n) is 8.14. The molecule has 0 amide bonds. The van der Waals surface area contributed by atoms with Gasteiger partial charge in [0.25, 0.3) is 0 Å². The molecule has 7 nitrogen and oxygen atoms in total. The van der Waals surface area contributed by atoms with E-state index in [1.54, 1.807) is 7.05 Å². The van der Waals surface area contributed by atoms with Gasteiger partial charge in [0.05, 0.1) is 19.3 Å². The van der Waals surface area contributed by atoms with Crippen LogP contribution in [0.3, 0.4) is 0 Å². The molecule has 0 N–H and O–H groups in total. The lowest BCUT2D eigenvalue weighted by molar-refractivity contribution is 0.310. The van der Waals surface area contributed by atoms with Crippen molar-refractivity contribution >= 4 is 0 Å². The Hall–Kier alpha value is -2.70. The Labute approximate surface area is 141 Å². The van der Waals surface area contributed by atoms with Crippen molar-refractivity contribution in [2.24, 2.45) is 14.1 Å². The predicted molar refractivity (Wildman–Crippen MR) is 90.6 cm³/mol. The fraction of sp³-hybridized carbons (Fsp3) is 0.412. The van der Waals surface area contributed by atoms with E-state index in [-0.39, 0.29) is 0 Å². The van der Waals surface area contributed by atoms with Crippen molar-refractivity contribution < 1.29 is 4.74 Å². The Morgan fingerprint density at radius 1 is 1.12 bits per heavy atom. The number of hydrogen-bond acceptors (Lipinski definition) is 5. The highest BCUT2D eigenvalue weighted by Gasteiger charge is 2.05. The van der Waals surface area contributed by atoms with Gasteiger partial charge in [-0.1, -0.05) is 6.92 Å². The third kappa shape index (κ3) is 3.79. The van der Waals surface area contributed by atoms with E-state index in [9.17, 15) is 0 Å². The minimum absolute atomic E-state index is 0.617. The van der Waals surface area contributed by atoms with Gasteiger partial charge in [0.15, 0.2) is 0 Å². The lowest BCUT2D eigenvalue weighted by atomic mass is 10.2. The first-order chi connectivity index (χ1) is 11.7. The molecule has 0 bridgehead atoms. The molecule has 0 aliphatic carbocycles. The molecule has 2 aromatic heterocycles. The van der Waals surface area contributed by atoms with E-state index >= 15 is 0 Å². The summed E-state index contributed by atoms with van der Waals surface area (Å²) >= 11 is 0. The van der Waals surface area contributed by atoms with Crippen LogP contribution in [0.15, 0.2) is 30.5 Å². The highest BCUT2D eigenvalue weighted by Crippen LogP contribution is 2.18. The molecule has 0 saturated carbocycles. The average Bonchev–Trinajstić information content (AvgIpc) is 3.18. The van der Waals surface area contributed by atoms with Crippen LogP contribution < -0.4 is 4.74 Å². The van der Waals surface area contributed by atoms with Crippen molar-refractivity contribution in [1.29, 1.82) is 0 Å². The van der Waals surface area contributed by atoms with Gasteiger partial charge in [0, 0.05) is 25.2 Å². The second kappa shape index (κ2) is 7.25. The van der Waals surface area contributed by atoms with Crippen LogP contribution in [0, 0.1) is 0 Å². The standard InChI is InChI=1S/C17H22N6O/c1-4-16-18-14(12-22(16)2)6-5-11-24-15-9-7-13(8-10-15)17-19-21-23(3)20-17/h7-10,12H,4-6,11H2,1-3H3. The van der Waals surface area contributed by atoms with Crippen LogP contribution in [-0.4, -0.2) is 36.4 Å². The summed E-state index contributed by atoms with van der Waals surface area (Å²) in [7, 11) is 3.79. The molecule has 0 aliphatic rings. The summed E-state index contributed by atoms with van der Waals surface area (Å²) in [6.07, 6.45) is 4.92. The van der Waals surface area contributed by atoms with Crippen molar-refractivity contribution in [2.45, 2.75) is 26.2 Å². The van der Waals surface area contributed by atoms with Crippen LogP contribution >= 0.6 is 0 Å². The number of imidazole rings is 1. The first kappa shape index (κ1) is 16.2. The smallest absolute Gasteiger partial charge is 0.204 e. The molecule has 3 aromatic rings. The largest absolute Gasteiger partial charge is 0.494 e. The van der Waals surface area contributed by atoms with E-state index in [2.05, 4.69) is 38.1 Å². The number of ether oxygens (including phenoxy) is 1. The minimum Gasteiger partial charge on any atom is -0.494 e. The van der Waals surface area contributed by atoms with Gasteiger partial charge in [-0.15, -0.1) is 10.2 Å². The van der Waals surface area contributed by atoms with Crippen molar-refractivity contribution in [2.75, 3.05) is 6.61 Å². The van der Waals surface area contributed by atoms with Gasteiger partial charge < -0.3 is 9.30 Å². The van der Waals surface area contributed by atoms with E-state index in [1.165, 1.54) is 4.80 Å². The van der Waals surface area contributed by atoms with Crippen LogP contribution in [-0.2, 0) is 26.9 Å². The minimum atomic E-state index is 0.617. The molecule has 0 radical (unpaired) electrons. The lowest BCUT2D eigenvalue weighted by Crippen LogP contribution is -1.99. The van der Waals surface area contributed by atoms with Crippen LogP contribution in [0.4, 0.5) is 0 Å². The van der Waals surface area contributed by atoms with Gasteiger partial charge in [-0.3, -0.25) is 0 Å². The molecule has 1 aromatic carbocycles.